The minimum absolute atomic E-state index is 0.0450. The second-order valence-corrected chi connectivity index (χ2v) is 6.54. The maximum atomic E-state index is 13.4. The van der Waals surface area contributed by atoms with Gasteiger partial charge in [0, 0.05) is 17.8 Å². The molecule has 0 aliphatic rings. The zero-order chi connectivity index (χ0) is 21.7. The van der Waals surface area contributed by atoms with Gasteiger partial charge in [0.05, 0.1) is 11.3 Å². The molecule has 0 bridgehead atoms. The summed E-state index contributed by atoms with van der Waals surface area (Å²) in [5, 5.41) is 3.13. The number of nitrogen functional groups attached to an aromatic ring is 1. The first-order chi connectivity index (χ1) is 14.4. The summed E-state index contributed by atoms with van der Waals surface area (Å²) in [7, 11) is 0. The molecule has 2 heterocycles. The molecule has 0 atom stereocenters. The zero-order valence-corrected chi connectivity index (χ0v) is 16.6. The number of aromatic nitrogens is 3. The fourth-order valence-corrected chi connectivity index (χ4v) is 2.98. The normalized spacial score (nSPS) is 11.1. The minimum atomic E-state index is -2.74. The third-order valence-corrected chi connectivity index (χ3v) is 4.26. The van der Waals surface area contributed by atoms with Crippen LogP contribution in [0, 0.1) is 12.7 Å². The highest BCUT2D eigenvalue weighted by atomic mass is 19.3. The minimum Gasteiger partial charge on any atom is -0.476 e. The first kappa shape index (κ1) is 21.5. The van der Waals surface area contributed by atoms with Crippen molar-refractivity contribution >= 4 is 5.95 Å². The topological polar surface area (TPSA) is 86.0 Å². The van der Waals surface area contributed by atoms with Crippen molar-refractivity contribution in [3.8, 4) is 28.3 Å². The van der Waals surface area contributed by atoms with Gasteiger partial charge >= 0.3 is 0 Å². The number of aryl methyl sites for hydroxylation is 1. The van der Waals surface area contributed by atoms with Crippen LogP contribution in [0.3, 0.4) is 0 Å². The van der Waals surface area contributed by atoms with Crippen molar-refractivity contribution in [3.05, 3.63) is 53.6 Å². The molecule has 0 aliphatic carbocycles. The summed E-state index contributed by atoms with van der Waals surface area (Å²) in [5.74, 6) is -0.300. The smallest absolute Gasteiger partial charge is 0.280 e. The molecule has 3 N–H and O–H groups in total. The van der Waals surface area contributed by atoms with Crippen molar-refractivity contribution in [1.82, 2.24) is 20.3 Å². The second-order valence-electron chi connectivity index (χ2n) is 6.54. The van der Waals surface area contributed by atoms with E-state index < -0.39 is 12.2 Å². The number of halogens is 3. The van der Waals surface area contributed by atoms with Gasteiger partial charge in [-0.2, -0.15) is 4.98 Å². The molecule has 2 aromatic heterocycles. The number of alkyl halides is 2. The first-order valence-corrected chi connectivity index (χ1v) is 9.43. The number of benzene rings is 1. The van der Waals surface area contributed by atoms with Crippen molar-refractivity contribution in [2.75, 3.05) is 25.4 Å². The number of nitrogens with two attached hydrogens (primary N) is 1. The number of anilines is 1. The molecule has 0 aliphatic heterocycles. The summed E-state index contributed by atoms with van der Waals surface area (Å²) < 4.78 is 46.0. The maximum absolute atomic E-state index is 13.4. The van der Waals surface area contributed by atoms with E-state index in [1.54, 1.807) is 13.0 Å². The molecule has 9 heteroatoms. The van der Waals surface area contributed by atoms with E-state index in [2.05, 4.69) is 20.3 Å². The maximum Gasteiger partial charge on any atom is 0.280 e. The Morgan fingerprint density at radius 2 is 1.80 bits per heavy atom. The van der Waals surface area contributed by atoms with E-state index in [4.69, 9.17) is 10.5 Å². The highest BCUT2D eigenvalue weighted by molar-refractivity contribution is 5.85. The van der Waals surface area contributed by atoms with E-state index in [0.29, 0.717) is 34.6 Å². The molecule has 6 nitrogen and oxygen atoms in total. The van der Waals surface area contributed by atoms with Gasteiger partial charge in [0.2, 0.25) is 11.8 Å². The van der Waals surface area contributed by atoms with E-state index in [9.17, 15) is 13.2 Å². The van der Waals surface area contributed by atoms with Gasteiger partial charge in [0.1, 0.15) is 18.1 Å². The highest BCUT2D eigenvalue weighted by Gasteiger charge is 2.21. The van der Waals surface area contributed by atoms with Crippen molar-refractivity contribution in [2.45, 2.75) is 20.3 Å². The lowest BCUT2D eigenvalue weighted by Crippen LogP contribution is -2.21. The Labute approximate surface area is 172 Å². The number of hydrogen-bond donors (Lipinski definition) is 2. The number of nitrogens with zero attached hydrogens (tertiary/aromatic N) is 3. The standard InChI is InChI=1S/C21H22F3N5O/c1-3-26-8-9-30-20-17(14-10-12(2)27-16(11-14)19(23)24)18(28-21(25)29-20)13-4-6-15(22)7-5-13/h4-7,10-11,19,26H,3,8-9H2,1-2H3,(H2,25,28,29). The summed E-state index contributed by atoms with van der Waals surface area (Å²) in [4.78, 5) is 12.4. The van der Waals surface area contributed by atoms with E-state index >= 15 is 0 Å². The molecule has 3 rings (SSSR count). The van der Waals surface area contributed by atoms with Crippen molar-refractivity contribution in [1.29, 1.82) is 0 Å². The lowest BCUT2D eigenvalue weighted by atomic mass is 9.99. The number of likely N-dealkylation sites (N-methyl/N-ethyl adjacent to an activating group) is 1. The largest absolute Gasteiger partial charge is 0.476 e. The van der Waals surface area contributed by atoms with Gasteiger partial charge in [0.15, 0.2) is 0 Å². The van der Waals surface area contributed by atoms with Gasteiger partial charge in [-0.3, -0.25) is 4.98 Å². The summed E-state index contributed by atoms with van der Waals surface area (Å²) in [5.41, 5.74) is 7.62. The molecule has 0 amide bonds. The third kappa shape index (κ3) is 5.04. The predicted molar refractivity (Wildman–Crippen MR) is 109 cm³/mol. The van der Waals surface area contributed by atoms with Crippen LogP contribution in [0.25, 0.3) is 22.4 Å². The zero-order valence-electron chi connectivity index (χ0n) is 16.6. The molecule has 0 saturated carbocycles. The summed E-state index contributed by atoms with van der Waals surface area (Å²) in [6.45, 7) is 5.20. The van der Waals surface area contributed by atoms with Crippen LogP contribution in [-0.4, -0.2) is 34.6 Å². The van der Waals surface area contributed by atoms with Gasteiger partial charge in [-0.15, -0.1) is 0 Å². The van der Waals surface area contributed by atoms with E-state index in [1.165, 1.54) is 30.3 Å². The Kier molecular flexibility index (Phi) is 6.83. The lowest BCUT2D eigenvalue weighted by Gasteiger charge is -2.16. The van der Waals surface area contributed by atoms with Crippen LogP contribution in [0.4, 0.5) is 19.1 Å². The van der Waals surface area contributed by atoms with Crippen LogP contribution in [-0.2, 0) is 0 Å². The van der Waals surface area contributed by atoms with Gasteiger partial charge in [0.25, 0.3) is 6.43 Å². The Morgan fingerprint density at radius 3 is 2.47 bits per heavy atom. The van der Waals surface area contributed by atoms with Crippen LogP contribution in [0.2, 0.25) is 0 Å². The first-order valence-electron chi connectivity index (χ1n) is 9.43. The molecule has 0 unspecified atom stereocenters. The number of rotatable bonds is 8. The lowest BCUT2D eigenvalue weighted by molar-refractivity contribution is 0.146. The molecule has 0 saturated heterocycles. The van der Waals surface area contributed by atoms with E-state index in [0.717, 1.165) is 6.54 Å². The Balaban J connectivity index is 2.20. The second kappa shape index (κ2) is 9.53. The summed E-state index contributed by atoms with van der Waals surface area (Å²) in [6, 6.07) is 8.55. The monoisotopic (exact) mass is 417 g/mol. The molecular formula is C21H22F3N5O. The van der Waals surface area contributed by atoms with Gasteiger partial charge < -0.3 is 15.8 Å². The van der Waals surface area contributed by atoms with Crippen LogP contribution in [0.15, 0.2) is 36.4 Å². The van der Waals surface area contributed by atoms with Crippen molar-refractivity contribution < 1.29 is 17.9 Å². The highest BCUT2D eigenvalue weighted by Crippen LogP contribution is 2.39. The fraction of sp³-hybridized carbons (Fsp3) is 0.286. The Hall–Kier alpha value is -3.20. The Morgan fingerprint density at radius 1 is 1.07 bits per heavy atom. The molecule has 0 radical (unpaired) electrons. The van der Waals surface area contributed by atoms with Gasteiger partial charge in [-0.25, -0.2) is 18.2 Å². The molecule has 0 spiro atoms. The average molecular weight is 417 g/mol. The molecule has 158 valence electrons. The molecule has 1 aromatic carbocycles. The van der Waals surface area contributed by atoms with Crippen LogP contribution in [0.5, 0.6) is 5.88 Å². The van der Waals surface area contributed by atoms with Crippen molar-refractivity contribution in [3.63, 3.8) is 0 Å². The van der Waals surface area contributed by atoms with E-state index in [1.807, 2.05) is 6.92 Å². The predicted octanol–water partition coefficient (Wildman–Crippen LogP) is 4.16. The Bertz CT molecular complexity index is 1010. The van der Waals surface area contributed by atoms with Crippen LogP contribution in [0.1, 0.15) is 24.7 Å². The molecular weight excluding hydrogens is 395 g/mol. The van der Waals surface area contributed by atoms with Crippen LogP contribution >= 0.6 is 0 Å². The molecule has 0 fully saturated rings. The number of hydrogen-bond acceptors (Lipinski definition) is 6. The molecule has 3 aromatic rings. The third-order valence-electron chi connectivity index (χ3n) is 4.26. The van der Waals surface area contributed by atoms with E-state index in [-0.39, 0.29) is 24.1 Å². The van der Waals surface area contributed by atoms with Crippen molar-refractivity contribution in [2.24, 2.45) is 0 Å². The quantitative estimate of drug-likeness (QED) is 0.536. The summed E-state index contributed by atoms with van der Waals surface area (Å²) >= 11 is 0. The average Bonchev–Trinajstić information content (AvgIpc) is 2.71. The number of pyridine rings is 1. The number of ether oxygens (including phenoxy) is 1. The number of nitrogens with one attached hydrogen (secondary N) is 1. The SMILES string of the molecule is CCNCCOc1nc(N)nc(-c2ccc(F)cc2)c1-c1cc(C)nc(C(F)F)c1. The fourth-order valence-electron chi connectivity index (χ4n) is 2.98. The van der Waals surface area contributed by atoms with Crippen LogP contribution < -0.4 is 15.8 Å². The summed E-state index contributed by atoms with van der Waals surface area (Å²) in [6.07, 6.45) is -2.74. The van der Waals surface area contributed by atoms with Gasteiger partial charge in [-0.1, -0.05) is 6.92 Å². The van der Waals surface area contributed by atoms with Gasteiger partial charge in [-0.05, 0) is 55.4 Å². The molecule has 30 heavy (non-hydrogen) atoms.